The van der Waals surface area contributed by atoms with Crippen molar-refractivity contribution >= 4 is 33.0 Å². The summed E-state index contributed by atoms with van der Waals surface area (Å²) in [7, 11) is 0.943. The van der Waals surface area contributed by atoms with Gasteiger partial charge < -0.3 is 19.1 Å². The summed E-state index contributed by atoms with van der Waals surface area (Å²) in [5.74, 6) is 1.16. The average molecular weight is 584 g/mol. The molecular formula is C27H33N7O6S. The van der Waals surface area contributed by atoms with Gasteiger partial charge in [-0.25, -0.2) is 28.4 Å². The van der Waals surface area contributed by atoms with Crippen molar-refractivity contribution in [2.45, 2.75) is 19.8 Å². The van der Waals surface area contributed by atoms with Crippen LogP contribution in [0, 0.1) is 5.92 Å². The molecule has 5 rings (SSSR count). The number of carbonyl (C=O) groups excluding carboxylic acids is 1. The number of hydrogen-bond acceptors (Lipinski definition) is 10. The summed E-state index contributed by atoms with van der Waals surface area (Å²) in [5.41, 5.74) is 1.46. The normalized spacial score (nSPS) is 15.7. The van der Waals surface area contributed by atoms with Crippen molar-refractivity contribution in [1.82, 2.24) is 29.4 Å². The number of fused-ring (bicyclic) bond motifs is 1. The van der Waals surface area contributed by atoms with E-state index < -0.39 is 10.0 Å². The number of imidazole rings is 1. The van der Waals surface area contributed by atoms with Crippen LogP contribution < -0.4 is 18.9 Å². The zero-order chi connectivity index (χ0) is 29.1. The van der Waals surface area contributed by atoms with Crippen LogP contribution in [0.25, 0.3) is 28.5 Å². The maximum atomic E-state index is 13.1. The highest BCUT2D eigenvalue weighted by atomic mass is 32.2. The summed E-state index contributed by atoms with van der Waals surface area (Å²) in [6.07, 6.45) is 2.09. The molecule has 1 amide bonds. The molecule has 4 aromatic rings. The number of ether oxygens (including phenoxy) is 3. The van der Waals surface area contributed by atoms with Crippen LogP contribution in [-0.4, -0.2) is 83.9 Å². The highest BCUT2D eigenvalue weighted by molar-refractivity contribution is 7.92. The Balaban J connectivity index is 0.00000405. The Morgan fingerprint density at radius 1 is 1.07 bits per heavy atom. The van der Waals surface area contributed by atoms with Gasteiger partial charge in [0.1, 0.15) is 22.9 Å². The molecule has 0 spiro atoms. The molecule has 0 radical (unpaired) electrons. The molecule has 1 aromatic carbocycles. The van der Waals surface area contributed by atoms with Crippen molar-refractivity contribution in [1.29, 1.82) is 0 Å². The largest absolute Gasteiger partial charge is 0.494 e. The lowest BCUT2D eigenvalue weighted by Gasteiger charge is -2.28. The number of pyridine rings is 1. The third kappa shape index (κ3) is 5.87. The van der Waals surface area contributed by atoms with Gasteiger partial charge in [-0.2, -0.15) is 0 Å². The number of hydrogen-bond donors (Lipinski definition) is 1. The number of nitrogens with one attached hydrogen (secondary N) is 1. The maximum Gasteiger partial charge on any atom is 0.234 e. The fourth-order valence-electron chi connectivity index (χ4n) is 4.76. The first-order valence-corrected chi connectivity index (χ1v) is 14.7. The van der Waals surface area contributed by atoms with Gasteiger partial charge in [-0.3, -0.25) is 14.1 Å². The quantitative estimate of drug-likeness (QED) is 0.295. The summed E-state index contributed by atoms with van der Waals surface area (Å²) in [6, 6.07) is 10.6. The predicted molar refractivity (Wildman–Crippen MR) is 154 cm³/mol. The molecule has 13 nitrogen and oxygen atoms in total. The molecule has 218 valence electrons. The van der Waals surface area contributed by atoms with Crippen molar-refractivity contribution in [3.05, 3.63) is 42.6 Å². The topological polar surface area (TPSA) is 151 Å². The SMILES string of the molecule is CCOc1cccc(-c2nc3ncc(NS(=O)(=O)C[C@@H]4CCN(C)C(=O)C4)nc3n2-c2c(OC)cccc2OC)n1.[HH]. The molecule has 1 saturated heterocycles. The number of para-hydroxylation sites is 1. The fourth-order valence-corrected chi connectivity index (χ4v) is 6.17. The van der Waals surface area contributed by atoms with Gasteiger partial charge in [0.15, 0.2) is 22.9 Å². The molecule has 3 aromatic heterocycles. The van der Waals surface area contributed by atoms with Gasteiger partial charge in [0.2, 0.25) is 21.8 Å². The van der Waals surface area contributed by atoms with Crippen molar-refractivity contribution in [2.24, 2.45) is 5.92 Å². The Hall–Kier alpha value is -4.46. The van der Waals surface area contributed by atoms with Crippen LogP contribution in [0.1, 0.15) is 21.2 Å². The Labute approximate surface area is 239 Å². The summed E-state index contributed by atoms with van der Waals surface area (Å²) in [4.78, 5) is 32.0. The molecule has 0 unspecified atom stereocenters. The molecule has 1 aliphatic heterocycles. The molecule has 0 bridgehead atoms. The summed E-state index contributed by atoms with van der Waals surface area (Å²) < 4.78 is 47.3. The number of benzene rings is 1. The number of carbonyl (C=O) groups is 1. The Kier molecular flexibility index (Phi) is 7.92. The number of sulfonamides is 1. The van der Waals surface area contributed by atoms with Gasteiger partial charge in [-0.15, -0.1) is 0 Å². The van der Waals surface area contributed by atoms with Gasteiger partial charge in [-0.05, 0) is 37.5 Å². The number of piperidine rings is 1. The molecular weight excluding hydrogens is 550 g/mol. The molecule has 1 N–H and O–H groups in total. The van der Waals surface area contributed by atoms with E-state index in [9.17, 15) is 13.2 Å². The lowest BCUT2D eigenvalue weighted by molar-refractivity contribution is -0.133. The third-order valence-corrected chi connectivity index (χ3v) is 8.15. The summed E-state index contributed by atoms with van der Waals surface area (Å²) in [5, 5.41) is 0. The van der Waals surface area contributed by atoms with Gasteiger partial charge in [0.25, 0.3) is 0 Å². The number of anilines is 1. The van der Waals surface area contributed by atoms with Gasteiger partial charge in [0, 0.05) is 27.5 Å². The zero-order valence-corrected chi connectivity index (χ0v) is 24.0. The van der Waals surface area contributed by atoms with Gasteiger partial charge in [0.05, 0.1) is 32.8 Å². The van der Waals surface area contributed by atoms with Crippen LogP contribution in [0.2, 0.25) is 0 Å². The first-order chi connectivity index (χ1) is 19.7. The standard InChI is InChI=1S/C27H31N7O6S.H2/c1-5-40-22-11-6-8-18(29-22)26-31-25-27(34(26)24-19(38-3)9-7-10-20(24)39-4)30-21(15-28-25)32-41(36,37)16-17-12-13-33(2)23(35)14-17;/h6-11,15,17H,5,12-14,16H2,1-4H3,(H,30,32);1H/t17-;/m1./s1. The highest BCUT2D eigenvalue weighted by Gasteiger charge is 2.29. The molecule has 0 aliphatic carbocycles. The predicted octanol–water partition coefficient (Wildman–Crippen LogP) is 3.15. The zero-order valence-electron chi connectivity index (χ0n) is 23.2. The Bertz CT molecular complexity index is 1680. The van der Waals surface area contributed by atoms with E-state index in [0.717, 1.165) is 0 Å². The molecule has 0 saturated carbocycles. The average Bonchev–Trinajstić information content (AvgIpc) is 3.33. The summed E-state index contributed by atoms with van der Waals surface area (Å²) in [6.45, 7) is 2.82. The number of aromatic nitrogens is 5. The lowest BCUT2D eigenvalue weighted by Crippen LogP contribution is -2.38. The minimum absolute atomic E-state index is 0. The van der Waals surface area contributed by atoms with E-state index in [4.69, 9.17) is 19.2 Å². The number of amides is 1. The first-order valence-electron chi connectivity index (χ1n) is 13.0. The fraction of sp³-hybridized carbons (Fsp3) is 0.370. The molecule has 1 aliphatic rings. The number of likely N-dealkylation sites (tertiary alicyclic amines) is 1. The second-order valence-electron chi connectivity index (χ2n) is 9.54. The molecule has 1 fully saturated rings. The van der Waals surface area contributed by atoms with E-state index in [-0.39, 0.29) is 42.5 Å². The first kappa shape index (κ1) is 28.1. The van der Waals surface area contributed by atoms with Gasteiger partial charge >= 0.3 is 0 Å². The monoisotopic (exact) mass is 583 g/mol. The lowest BCUT2D eigenvalue weighted by atomic mass is 9.99. The molecule has 4 heterocycles. The molecule has 41 heavy (non-hydrogen) atoms. The van der Waals surface area contributed by atoms with Crippen LogP contribution in [-0.2, 0) is 14.8 Å². The van der Waals surface area contributed by atoms with Crippen molar-refractivity contribution < 1.29 is 28.8 Å². The van der Waals surface area contributed by atoms with Gasteiger partial charge in [-0.1, -0.05) is 12.1 Å². The van der Waals surface area contributed by atoms with Crippen LogP contribution in [0.15, 0.2) is 42.6 Å². The Morgan fingerprint density at radius 3 is 2.49 bits per heavy atom. The second kappa shape index (κ2) is 11.6. The minimum Gasteiger partial charge on any atom is -0.494 e. The van der Waals surface area contributed by atoms with E-state index in [1.165, 1.54) is 20.4 Å². The van der Waals surface area contributed by atoms with Crippen LogP contribution >= 0.6 is 0 Å². The van der Waals surface area contributed by atoms with E-state index in [1.54, 1.807) is 52.9 Å². The highest BCUT2D eigenvalue weighted by Crippen LogP contribution is 2.38. The van der Waals surface area contributed by atoms with E-state index in [0.29, 0.717) is 54.2 Å². The Morgan fingerprint density at radius 2 is 1.80 bits per heavy atom. The van der Waals surface area contributed by atoms with Crippen LogP contribution in [0.3, 0.4) is 0 Å². The van der Waals surface area contributed by atoms with E-state index in [2.05, 4.69) is 19.7 Å². The van der Waals surface area contributed by atoms with Crippen molar-refractivity contribution in [3.8, 4) is 34.6 Å². The smallest absolute Gasteiger partial charge is 0.234 e. The minimum atomic E-state index is -3.84. The van der Waals surface area contributed by atoms with Crippen LogP contribution in [0.5, 0.6) is 17.4 Å². The van der Waals surface area contributed by atoms with E-state index >= 15 is 0 Å². The summed E-state index contributed by atoms with van der Waals surface area (Å²) >= 11 is 0. The maximum absolute atomic E-state index is 13.1. The second-order valence-corrected chi connectivity index (χ2v) is 11.3. The molecule has 14 heteroatoms. The van der Waals surface area contributed by atoms with Crippen molar-refractivity contribution in [3.63, 3.8) is 0 Å². The van der Waals surface area contributed by atoms with Crippen molar-refractivity contribution in [2.75, 3.05) is 44.9 Å². The van der Waals surface area contributed by atoms with Crippen LogP contribution in [0.4, 0.5) is 5.82 Å². The molecule has 1 atom stereocenters. The number of nitrogens with zero attached hydrogens (tertiary/aromatic N) is 6. The third-order valence-electron chi connectivity index (χ3n) is 6.72. The number of rotatable bonds is 10. The van der Waals surface area contributed by atoms with E-state index in [1.807, 2.05) is 6.92 Å². The number of methoxy groups -OCH3 is 2.